The summed E-state index contributed by atoms with van der Waals surface area (Å²) in [6.45, 7) is 0. The molecule has 0 saturated carbocycles. The molecule has 0 saturated heterocycles. The summed E-state index contributed by atoms with van der Waals surface area (Å²) in [5.41, 5.74) is 16.9. The summed E-state index contributed by atoms with van der Waals surface area (Å²) in [7, 11) is -0.808. The Kier molecular flexibility index (Phi) is 5.45. The van der Waals surface area contributed by atoms with Gasteiger partial charge in [-0.3, -0.25) is 0 Å². The Morgan fingerprint density at radius 1 is 0.400 bits per heavy atom. The molecule has 6 aromatic rings. The number of benzene rings is 6. The predicted molar refractivity (Wildman–Crippen MR) is 154 cm³/mol. The fourth-order valence-electron chi connectivity index (χ4n) is 4.97. The SMILES string of the molecule is Nc1cccc2c(-c3c(P(c4ccccc4)c4ccccc4)ccc4c(N)cccc34)cccc12. The molecule has 0 aliphatic carbocycles. The van der Waals surface area contributed by atoms with Crippen molar-refractivity contribution < 1.29 is 0 Å². The van der Waals surface area contributed by atoms with Crippen LogP contribution in [0.5, 0.6) is 0 Å². The zero-order valence-electron chi connectivity index (χ0n) is 19.2. The second kappa shape index (κ2) is 8.91. The summed E-state index contributed by atoms with van der Waals surface area (Å²) in [5.74, 6) is 0. The van der Waals surface area contributed by atoms with Gasteiger partial charge in [-0.15, -0.1) is 0 Å². The van der Waals surface area contributed by atoms with Crippen molar-refractivity contribution in [1.82, 2.24) is 0 Å². The minimum Gasteiger partial charge on any atom is -0.398 e. The molecule has 35 heavy (non-hydrogen) atoms. The van der Waals surface area contributed by atoms with Gasteiger partial charge in [0.1, 0.15) is 0 Å². The summed E-state index contributed by atoms with van der Waals surface area (Å²) < 4.78 is 0. The molecule has 168 valence electrons. The summed E-state index contributed by atoms with van der Waals surface area (Å²) in [5, 5.41) is 8.40. The van der Waals surface area contributed by atoms with Crippen LogP contribution in [-0.2, 0) is 0 Å². The number of fused-ring (bicyclic) bond motifs is 2. The third-order valence-electron chi connectivity index (χ3n) is 6.57. The Balaban J connectivity index is 1.76. The molecule has 0 aromatic heterocycles. The Labute approximate surface area is 206 Å². The van der Waals surface area contributed by atoms with Crippen molar-refractivity contribution in [3.05, 3.63) is 127 Å². The summed E-state index contributed by atoms with van der Waals surface area (Å²) in [4.78, 5) is 0. The largest absolute Gasteiger partial charge is 0.398 e. The standard InChI is InChI=1S/C32H25N2P/c33-29-18-8-14-24-25(29)15-7-16-27(24)32-28-17-9-19-30(34)26(28)20-21-31(32)35(22-10-3-1-4-11-22)23-12-5-2-6-13-23/h1-21H,33-34H2. The van der Waals surface area contributed by atoms with Crippen molar-refractivity contribution in [3.63, 3.8) is 0 Å². The van der Waals surface area contributed by atoms with Crippen LogP contribution < -0.4 is 27.4 Å². The maximum absolute atomic E-state index is 6.47. The van der Waals surface area contributed by atoms with Crippen molar-refractivity contribution in [2.24, 2.45) is 0 Å². The molecular formula is C32H25N2P. The third-order valence-corrected chi connectivity index (χ3v) is 9.05. The van der Waals surface area contributed by atoms with Crippen LogP contribution in [-0.4, -0.2) is 0 Å². The summed E-state index contributed by atoms with van der Waals surface area (Å²) in [6, 6.07) is 44.9. The van der Waals surface area contributed by atoms with Crippen molar-refractivity contribution >= 4 is 56.8 Å². The first kappa shape index (κ1) is 21.4. The van der Waals surface area contributed by atoms with Gasteiger partial charge in [0.15, 0.2) is 0 Å². The van der Waals surface area contributed by atoms with E-state index in [0.29, 0.717) is 0 Å². The lowest BCUT2D eigenvalue weighted by Crippen LogP contribution is -2.22. The quantitative estimate of drug-likeness (QED) is 0.227. The molecule has 0 heterocycles. The first-order valence-corrected chi connectivity index (χ1v) is 13.1. The zero-order valence-corrected chi connectivity index (χ0v) is 20.1. The molecule has 4 N–H and O–H groups in total. The highest BCUT2D eigenvalue weighted by Gasteiger charge is 2.23. The van der Waals surface area contributed by atoms with Gasteiger partial charge in [0.2, 0.25) is 0 Å². The number of nitrogen functional groups attached to an aromatic ring is 2. The first-order valence-electron chi connectivity index (χ1n) is 11.7. The average Bonchev–Trinajstić information content (AvgIpc) is 2.90. The van der Waals surface area contributed by atoms with Gasteiger partial charge in [0.05, 0.1) is 0 Å². The highest BCUT2D eigenvalue weighted by molar-refractivity contribution is 7.80. The fraction of sp³-hybridized carbons (Fsp3) is 0. The number of anilines is 2. The summed E-state index contributed by atoms with van der Waals surface area (Å²) in [6.07, 6.45) is 0. The second-order valence-corrected chi connectivity index (χ2v) is 10.8. The monoisotopic (exact) mass is 468 g/mol. The van der Waals surface area contributed by atoms with Crippen LogP contribution in [0.1, 0.15) is 0 Å². The molecule has 0 aliphatic rings. The average molecular weight is 469 g/mol. The van der Waals surface area contributed by atoms with Gasteiger partial charge in [-0.2, -0.15) is 0 Å². The van der Waals surface area contributed by atoms with Gasteiger partial charge in [0, 0.05) is 22.1 Å². The van der Waals surface area contributed by atoms with Gasteiger partial charge in [0.25, 0.3) is 0 Å². The van der Waals surface area contributed by atoms with Crippen LogP contribution in [0.3, 0.4) is 0 Å². The maximum Gasteiger partial charge on any atom is 0.0393 e. The third kappa shape index (κ3) is 3.73. The van der Waals surface area contributed by atoms with E-state index in [9.17, 15) is 0 Å². The van der Waals surface area contributed by atoms with Crippen molar-refractivity contribution in [1.29, 1.82) is 0 Å². The normalized spacial score (nSPS) is 11.3. The fourth-order valence-corrected chi connectivity index (χ4v) is 7.46. The molecule has 0 unspecified atom stereocenters. The van der Waals surface area contributed by atoms with Crippen LogP contribution in [0.25, 0.3) is 32.7 Å². The minimum atomic E-state index is -0.808. The van der Waals surface area contributed by atoms with Crippen LogP contribution in [0.15, 0.2) is 127 Å². The van der Waals surface area contributed by atoms with Gasteiger partial charge in [-0.25, -0.2) is 0 Å². The predicted octanol–water partition coefficient (Wildman–Crippen LogP) is 6.58. The highest BCUT2D eigenvalue weighted by Crippen LogP contribution is 2.43. The molecule has 0 radical (unpaired) electrons. The molecule has 6 aromatic carbocycles. The Hall–Kier alpha value is -4.13. The Bertz CT molecular complexity index is 1620. The van der Waals surface area contributed by atoms with Crippen LogP contribution >= 0.6 is 7.92 Å². The van der Waals surface area contributed by atoms with Crippen molar-refractivity contribution in [2.45, 2.75) is 0 Å². The number of hydrogen-bond acceptors (Lipinski definition) is 2. The van der Waals surface area contributed by atoms with Crippen LogP contribution in [0.2, 0.25) is 0 Å². The molecule has 0 amide bonds. The second-order valence-electron chi connectivity index (χ2n) is 8.66. The van der Waals surface area contributed by atoms with E-state index in [-0.39, 0.29) is 0 Å². The molecule has 0 fully saturated rings. The first-order chi connectivity index (χ1) is 17.2. The zero-order chi connectivity index (χ0) is 23.8. The van der Waals surface area contributed by atoms with E-state index in [1.165, 1.54) is 27.0 Å². The molecule has 0 bridgehead atoms. The van der Waals surface area contributed by atoms with Gasteiger partial charge < -0.3 is 11.5 Å². The molecular weight excluding hydrogens is 443 g/mol. The Morgan fingerprint density at radius 3 is 1.54 bits per heavy atom. The lowest BCUT2D eigenvalue weighted by molar-refractivity contribution is 1.69. The number of rotatable bonds is 4. The molecule has 6 rings (SSSR count). The highest BCUT2D eigenvalue weighted by atomic mass is 31.1. The van der Waals surface area contributed by atoms with Crippen molar-refractivity contribution in [2.75, 3.05) is 11.5 Å². The van der Waals surface area contributed by atoms with Gasteiger partial charge in [-0.1, -0.05) is 115 Å². The van der Waals surface area contributed by atoms with E-state index in [1.807, 2.05) is 18.2 Å². The van der Waals surface area contributed by atoms with E-state index in [0.717, 1.165) is 32.9 Å². The molecule has 0 aliphatic heterocycles. The van der Waals surface area contributed by atoms with Gasteiger partial charge in [-0.05, 0) is 57.9 Å². The van der Waals surface area contributed by atoms with Crippen LogP contribution in [0, 0.1) is 0 Å². The van der Waals surface area contributed by atoms with E-state index >= 15 is 0 Å². The van der Waals surface area contributed by atoms with Crippen molar-refractivity contribution in [3.8, 4) is 11.1 Å². The molecule has 0 spiro atoms. The number of nitrogens with two attached hydrogens (primary N) is 2. The lowest BCUT2D eigenvalue weighted by atomic mass is 9.93. The van der Waals surface area contributed by atoms with Gasteiger partial charge >= 0.3 is 0 Å². The van der Waals surface area contributed by atoms with E-state index in [1.54, 1.807) is 0 Å². The van der Waals surface area contributed by atoms with E-state index in [4.69, 9.17) is 11.5 Å². The number of hydrogen-bond donors (Lipinski definition) is 2. The minimum absolute atomic E-state index is 0.791. The van der Waals surface area contributed by atoms with E-state index < -0.39 is 7.92 Å². The van der Waals surface area contributed by atoms with Crippen LogP contribution in [0.4, 0.5) is 11.4 Å². The molecule has 3 heteroatoms. The topological polar surface area (TPSA) is 52.0 Å². The summed E-state index contributed by atoms with van der Waals surface area (Å²) >= 11 is 0. The lowest BCUT2D eigenvalue weighted by Gasteiger charge is -2.25. The smallest absolute Gasteiger partial charge is 0.0393 e. The molecule has 0 atom stereocenters. The van der Waals surface area contributed by atoms with E-state index in [2.05, 4.69) is 109 Å². The molecule has 2 nitrogen and oxygen atoms in total. The maximum atomic E-state index is 6.47. The Morgan fingerprint density at radius 2 is 0.914 bits per heavy atom.